The summed E-state index contributed by atoms with van der Waals surface area (Å²) in [6.07, 6.45) is 4.08. The molecule has 0 spiro atoms. The topological polar surface area (TPSA) is 88.0 Å². The molecule has 0 aliphatic carbocycles. The van der Waals surface area contributed by atoms with Crippen molar-refractivity contribution in [2.24, 2.45) is 0 Å². The molecule has 0 aliphatic rings. The van der Waals surface area contributed by atoms with Gasteiger partial charge in [-0.25, -0.2) is 4.79 Å². The van der Waals surface area contributed by atoms with Crippen LogP contribution >= 0.6 is 11.3 Å². The third-order valence-electron chi connectivity index (χ3n) is 2.75. The van der Waals surface area contributed by atoms with Gasteiger partial charge in [-0.05, 0) is 18.6 Å². The Kier molecular flexibility index (Phi) is 5.00. The van der Waals surface area contributed by atoms with Crippen LogP contribution in [0.25, 0.3) is 10.7 Å². The molecule has 2 heterocycles. The number of unbranched alkanes of at least 4 members (excludes halogenated alkanes) is 1. The molecule has 20 heavy (non-hydrogen) atoms. The van der Waals surface area contributed by atoms with Crippen LogP contribution in [0.1, 0.15) is 26.2 Å². The lowest BCUT2D eigenvalue weighted by atomic mass is 10.1. The first-order chi connectivity index (χ1) is 9.70. The molecule has 2 N–H and O–H groups in total. The number of aromatic nitrogens is 3. The first-order valence-corrected chi connectivity index (χ1v) is 7.26. The highest BCUT2D eigenvalue weighted by Gasteiger charge is 2.18. The molecule has 0 radical (unpaired) electrons. The van der Waals surface area contributed by atoms with Crippen LogP contribution in [0.4, 0.5) is 5.13 Å². The minimum absolute atomic E-state index is 0.508. The normalized spacial score (nSPS) is 12.1. The van der Waals surface area contributed by atoms with Crippen LogP contribution in [0.5, 0.6) is 0 Å². The minimum Gasteiger partial charge on any atom is -0.480 e. The summed E-state index contributed by atoms with van der Waals surface area (Å²) in [5.41, 5.74) is 0.735. The van der Waals surface area contributed by atoms with E-state index in [-0.39, 0.29) is 0 Å². The van der Waals surface area contributed by atoms with E-state index in [0.29, 0.717) is 16.6 Å². The largest absolute Gasteiger partial charge is 0.480 e. The number of hydrogen-bond donors (Lipinski definition) is 2. The zero-order valence-corrected chi connectivity index (χ0v) is 11.9. The van der Waals surface area contributed by atoms with Crippen molar-refractivity contribution in [1.29, 1.82) is 0 Å². The highest BCUT2D eigenvalue weighted by Crippen LogP contribution is 2.25. The number of carbonyl (C=O) groups is 1. The first kappa shape index (κ1) is 14.4. The number of carboxylic acid groups (broad SMARTS) is 1. The Hall–Kier alpha value is -2.02. The monoisotopic (exact) mass is 292 g/mol. The Labute approximate surface area is 120 Å². The van der Waals surface area contributed by atoms with Gasteiger partial charge in [0.25, 0.3) is 0 Å². The van der Waals surface area contributed by atoms with Gasteiger partial charge >= 0.3 is 5.97 Å². The Morgan fingerprint density at radius 1 is 1.45 bits per heavy atom. The molecule has 0 saturated carbocycles. The van der Waals surface area contributed by atoms with Gasteiger partial charge < -0.3 is 10.4 Å². The minimum atomic E-state index is -0.868. The van der Waals surface area contributed by atoms with Gasteiger partial charge in [-0.2, -0.15) is 0 Å². The van der Waals surface area contributed by atoms with Crippen molar-refractivity contribution in [2.45, 2.75) is 32.2 Å². The van der Waals surface area contributed by atoms with Gasteiger partial charge in [-0.15, -0.1) is 10.2 Å². The zero-order valence-electron chi connectivity index (χ0n) is 11.1. The molecule has 1 atom stereocenters. The quantitative estimate of drug-likeness (QED) is 0.815. The SMILES string of the molecule is CCCC[C@H](Nc1nnc(-c2ccccn2)s1)C(=O)O. The number of pyridine rings is 1. The molecule has 2 aromatic rings. The molecule has 0 saturated heterocycles. The molecule has 7 heteroatoms. The summed E-state index contributed by atoms with van der Waals surface area (Å²) in [7, 11) is 0. The second-order valence-corrected chi connectivity index (χ2v) is 5.28. The third kappa shape index (κ3) is 3.74. The molecule has 0 bridgehead atoms. The van der Waals surface area contributed by atoms with E-state index in [1.165, 1.54) is 11.3 Å². The molecule has 0 amide bonds. The van der Waals surface area contributed by atoms with Crippen LogP contribution in [0.15, 0.2) is 24.4 Å². The van der Waals surface area contributed by atoms with E-state index >= 15 is 0 Å². The molecule has 0 fully saturated rings. The number of carboxylic acids is 1. The van der Waals surface area contributed by atoms with Gasteiger partial charge in [0.1, 0.15) is 11.7 Å². The molecular formula is C13H16N4O2S. The summed E-state index contributed by atoms with van der Waals surface area (Å²) in [4.78, 5) is 15.4. The lowest BCUT2D eigenvalue weighted by Gasteiger charge is -2.12. The van der Waals surface area contributed by atoms with Gasteiger partial charge in [0.05, 0.1) is 0 Å². The molecule has 2 rings (SSSR count). The maximum atomic E-state index is 11.2. The summed E-state index contributed by atoms with van der Waals surface area (Å²) < 4.78 is 0. The fourth-order valence-corrected chi connectivity index (χ4v) is 2.46. The van der Waals surface area contributed by atoms with Gasteiger partial charge in [0.15, 0.2) is 5.01 Å². The van der Waals surface area contributed by atoms with Crippen LogP contribution in [-0.2, 0) is 4.79 Å². The van der Waals surface area contributed by atoms with Crippen molar-refractivity contribution in [3.63, 3.8) is 0 Å². The fourth-order valence-electron chi connectivity index (χ4n) is 1.69. The van der Waals surface area contributed by atoms with Crippen molar-refractivity contribution >= 4 is 22.4 Å². The fraction of sp³-hybridized carbons (Fsp3) is 0.385. The van der Waals surface area contributed by atoms with E-state index in [4.69, 9.17) is 5.11 Å². The molecule has 0 aromatic carbocycles. The lowest BCUT2D eigenvalue weighted by molar-refractivity contribution is -0.138. The average Bonchev–Trinajstić information content (AvgIpc) is 2.92. The van der Waals surface area contributed by atoms with Crippen LogP contribution < -0.4 is 5.32 Å². The first-order valence-electron chi connectivity index (χ1n) is 6.45. The summed E-state index contributed by atoms with van der Waals surface area (Å²) in [6, 6.07) is 4.92. The predicted molar refractivity (Wildman–Crippen MR) is 77.7 cm³/mol. The summed E-state index contributed by atoms with van der Waals surface area (Å²) >= 11 is 1.31. The van der Waals surface area contributed by atoms with Crippen molar-refractivity contribution in [1.82, 2.24) is 15.2 Å². The van der Waals surface area contributed by atoms with E-state index in [1.54, 1.807) is 6.20 Å². The summed E-state index contributed by atoms with van der Waals surface area (Å²) in [5.74, 6) is -0.868. The number of hydrogen-bond acceptors (Lipinski definition) is 6. The molecule has 106 valence electrons. The number of rotatable bonds is 7. The van der Waals surface area contributed by atoms with Crippen molar-refractivity contribution in [3.05, 3.63) is 24.4 Å². The van der Waals surface area contributed by atoms with E-state index in [0.717, 1.165) is 18.5 Å². The van der Waals surface area contributed by atoms with Crippen LogP contribution in [0.2, 0.25) is 0 Å². The van der Waals surface area contributed by atoms with E-state index in [2.05, 4.69) is 20.5 Å². The van der Waals surface area contributed by atoms with Crippen molar-refractivity contribution in [2.75, 3.05) is 5.32 Å². The number of nitrogens with one attached hydrogen (secondary N) is 1. The zero-order chi connectivity index (χ0) is 14.4. The van der Waals surface area contributed by atoms with Gasteiger partial charge in [-0.1, -0.05) is 37.2 Å². The maximum Gasteiger partial charge on any atom is 0.326 e. The van der Waals surface area contributed by atoms with Crippen LogP contribution in [0, 0.1) is 0 Å². The Balaban J connectivity index is 2.06. The van der Waals surface area contributed by atoms with Crippen LogP contribution in [-0.4, -0.2) is 32.3 Å². The number of aliphatic carboxylic acids is 1. The molecule has 0 aliphatic heterocycles. The Morgan fingerprint density at radius 3 is 2.95 bits per heavy atom. The second-order valence-electron chi connectivity index (χ2n) is 4.30. The van der Waals surface area contributed by atoms with Crippen molar-refractivity contribution < 1.29 is 9.90 Å². The number of anilines is 1. The second kappa shape index (κ2) is 6.95. The summed E-state index contributed by atoms with van der Waals surface area (Å²) in [5, 5.41) is 21.3. The number of nitrogens with zero attached hydrogens (tertiary/aromatic N) is 3. The molecule has 0 unspecified atom stereocenters. The van der Waals surface area contributed by atoms with E-state index < -0.39 is 12.0 Å². The lowest BCUT2D eigenvalue weighted by Crippen LogP contribution is -2.29. The Morgan fingerprint density at radius 2 is 2.30 bits per heavy atom. The van der Waals surface area contributed by atoms with Crippen molar-refractivity contribution in [3.8, 4) is 10.7 Å². The maximum absolute atomic E-state index is 11.2. The van der Waals surface area contributed by atoms with Gasteiger partial charge in [-0.3, -0.25) is 4.98 Å². The van der Waals surface area contributed by atoms with Crippen LogP contribution in [0.3, 0.4) is 0 Å². The average molecular weight is 292 g/mol. The molecular weight excluding hydrogens is 276 g/mol. The van der Waals surface area contributed by atoms with E-state index in [9.17, 15) is 4.79 Å². The third-order valence-corrected chi connectivity index (χ3v) is 3.63. The molecule has 2 aromatic heterocycles. The van der Waals surface area contributed by atoms with Gasteiger partial charge in [0, 0.05) is 6.20 Å². The predicted octanol–water partition coefficient (Wildman–Crippen LogP) is 2.66. The standard InChI is InChI=1S/C13H16N4O2S/c1-2-3-6-10(12(18)19)15-13-17-16-11(20-13)9-7-4-5-8-14-9/h4-5,7-8,10H,2-3,6H2,1H3,(H,15,17)(H,18,19)/t10-/m0/s1. The van der Waals surface area contributed by atoms with E-state index in [1.807, 2.05) is 25.1 Å². The Bertz CT molecular complexity index is 559. The van der Waals surface area contributed by atoms with Gasteiger partial charge in [0.2, 0.25) is 5.13 Å². The highest BCUT2D eigenvalue weighted by atomic mass is 32.1. The summed E-state index contributed by atoms with van der Waals surface area (Å²) in [6.45, 7) is 2.03. The smallest absolute Gasteiger partial charge is 0.326 e. The molecule has 6 nitrogen and oxygen atoms in total. The highest BCUT2D eigenvalue weighted by molar-refractivity contribution is 7.18.